The Bertz CT molecular complexity index is 787. The van der Waals surface area contributed by atoms with Crippen molar-refractivity contribution in [1.82, 2.24) is 0 Å². The first-order valence-electron chi connectivity index (χ1n) is 6.81. The monoisotopic (exact) mass is 358 g/mol. The Kier molecular flexibility index (Phi) is 5.28. The lowest BCUT2D eigenvalue weighted by Crippen LogP contribution is -2.39. The molecule has 0 N–H and O–H groups in total. The van der Waals surface area contributed by atoms with Crippen LogP contribution in [0, 0.1) is 0 Å². The fraction of sp³-hybridized carbons (Fsp3) is 0.188. The van der Waals surface area contributed by atoms with Gasteiger partial charge in [-0.3, -0.25) is 0 Å². The van der Waals surface area contributed by atoms with Crippen LogP contribution in [0.5, 0.6) is 0 Å². The number of halogens is 3. The molecule has 128 valence electrons. The second-order valence-corrected chi connectivity index (χ2v) is 6.93. The van der Waals surface area contributed by atoms with Crippen molar-refractivity contribution >= 4 is 15.8 Å². The summed E-state index contributed by atoms with van der Waals surface area (Å²) in [7, 11) is -4.27. The molecule has 0 fully saturated rings. The van der Waals surface area contributed by atoms with Crippen molar-refractivity contribution in [2.24, 2.45) is 0 Å². The van der Waals surface area contributed by atoms with E-state index >= 15 is 0 Å². The van der Waals surface area contributed by atoms with E-state index in [1.165, 1.54) is 54.6 Å². The standard InChI is InChI=1S/C16H13F3O4S/c17-16(18,19)14(23-15(20)12-7-3-1-4-8-12)11-24(21,22)13-9-5-2-6-10-13/h1-10,14H,11H2/t14-/m0/s1. The third-order valence-corrected chi connectivity index (χ3v) is 4.83. The zero-order valence-corrected chi connectivity index (χ0v) is 13.0. The Morgan fingerprint density at radius 1 is 0.958 bits per heavy atom. The molecule has 0 bridgehead atoms. The number of rotatable bonds is 5. The zero-order valence-electron chi connectivity index (χ0n) is 12.2. The molecule has 0 aliphatic rings. The maximum Gasteiger partial charge on any atom is 0.426 e. The number of esters is 1. The van der Waals surface area contributed by atoms with Crippen LogP contribution < -0.4 is 0 Å². The van der Waals surface area contributed by atoms with E-state index in [0.717, 1.165) is 0 Å². The average Bonchev–Trinajstić information content (AvgIpc) is 2.55. The SMILES string of the molecule is O=C(O[C@@H](CS(=O)(=O)c1ccccc1)C(F)(F)F)c1ccccc1. The number of ether oxygens (including phenoxy) is 1. The summed E-state index contributed by atoms with van der Waals surface area (Å²) in [5, 5.41) is 0. The van der Waals surface area contributed by atoms with E-state index in [1.807, 2.05) is 0 Å². The Hall–Kier alpha value is -2.35. The topological polar surface area (TPSA) is 60.4 Å². The Labute approximate surface area is 136 Å². The van der Waals surface area contributed by atoms with Crippen LogP contribution in [0.25, 0.3) is 0 Å². The summed E-state index contributed by atoms with van der Waals surface area (Å²) in [5.74, 6) is -2.61. The van der Waals surface area contributed by atoms with Crippen molar-refractivity contribution in [3.8, 4) is 0 Å². The molecule has 2 aromatic rings. The van der Waals surface area contributed by atoms with Crippen molar-refractivity contribution < 1.29 is 31.1 Å². The molecule has 4 nitrogen and oxygen atoms in total. The molecule has 0 spiro atoms. The molecule has 0 aliphatic heterocycles. The lowest BCUT2D eigenvalue weighted by atomic mass is 10.2. The number of carbonyl (C=O) groups excluding carboxylic acids is 1. The van der Waals surface area contributed by atoms with Crippen molar-refractivity contribution in [2.45, 2.75) is 17.2 Å². The van der Waals surface area contributed by atoms with Crippen molar-refractivity contribution in [3.63, 3.8) is 0 Å². The quantitative estimate of drug-likeness (QED) is 0.770. The maximum atomic E-state index is 13.1. The van der Waals surface area contributed by atoms with Crippen molar-refractivity contribution in [2.75, 3.05) is 5.75 Å². The summed E-state index contributed by atoms with van der Waals surface area (Å²) in [6, 6.07) is 13.7. The molecule has 8 heteroatoms. The van der Waals surface area contributed by atoms with Crippen LogP contribution in [0.1, 0.15) is 10.4 Å². The summed E-state index contributed by atoms with van der Waals surface area (Å²) < 4.78 is 67.9. The molecule has 0 aromatic heterocycles. The Balaban J connectivity index is 2.23. The Morgan fingerprint density at radius 3 is 1.96 bits per heavy atom. The minimum absolute atomic E-state index is 0.0936. The van der Waals surface area contributed by atoms with E-state index in [9.17, 15) is 26.4 Å². The average molecular weight is 358 g/mol. The number of alkyl halides is 3. The van der Waals surface area contributed by atoms with Gasteiger partial charge in [-0.05, 0) is 24.3 Å². The van der Waals surface area contributed by atoms with Crippen LogP contribution in [0.3, 0.4) is 0 Å². The first-order chi connectivity index (χ1) is 11.2. The maximum absolute atomic E-state index is 13.1. The summed E-state index contributed by atoms with van der Waals surface area (Å²) in [6.45, 7) is 0. The van der Waals surface area contributed by atoms with Crippen LogP contribution in [-0.4, -0.2) is 32.4 Å². The number of hydrogen-bond acceptors (Lipinski definition) is 4. The van der Waals surface area contributed by atoms with Crippen LogP contribution in [0.15, 0.2) is 65.6 Å². The predicted octanol–water partition coefficient (Wildman–Crippen LogP) is 3.25. The van der Waals surface area contributed by atoms with Crippen LogP contribution in [0.2, 0.25) is 0 Å². The van der Waals surface area contributed by atoms with Gasteiger partial charge < -0.3 is 4.74 Å². The molecular formula is C16H13F3O4S. The van der Waals surface area contributed by atoms with Crippen LogP contribution in [0.4, 0.5) is 13.2 Å². The lowest BCUT2D eigenvalue weighted by molar-refractivity contribution is -0.197. The fourth-order valence-corrected chi connectivity index (χ4v) is 3.31. The summed E-state index contributed by atoms with van der Waals surface area (Å²) in [5.41, 5.74) is -0.0936. The third kappa shape index (κ3) is 4.58. The second-order valence-electron chi connectivity index (χ2n) is 4.90. The molecule has 1 atom stereocenters. The second kappa shape index (κ2) is 7.04. The molecule has 0 aliphatic carbocycles. The summed E-state index contributed by atoms with van der Waals surface area (Å²) in [4.78, 5) is 11.5. The van der Waals surface area contributed by atoms with Gasteiger partial charge in [-0.2, -0.15) is 13.2 Å². The summed E-state index contributed by atoms with van der Waals surface area (Å²) in [6.07, 6.45) is -7.76. The first-order valence-corrected chi connectivity index (χ1v) is 8.46. The third-order valence-electron chi connectivity index (χ3n) is 3.10. The fourth-order valence-electron chi connectivity index (χ4n) is 1.89. The van der Waals surface area contributed by atoms with Gasteiger partial charge in [0.2, 0.25) is 6.10 Å². The molecule has 0 saturated carbocycles. The molecule has 2 rings (SSSR count). The van der Waals surface area contributed by atoms with Gasteiger partial charge in [0.05, 0.1) is 10.5 Å². The molecule has 0 amide bonds. The van der Waals surface area contributed by atoms with E-state index in [0.29, 0.717) is 0 Å². The van der Waals surface area contributed by atoms with Gasteiger partial charge >= 0.3 is 12.1 Å². The number of carbonyl (C=O) groups is 1. The van der Waals surface area contributed by atoms with Gasteiger partial charge in [-0.25, -0.2) is 13.2 Å². The highest BCUT2D eigenvalue weighted by atomic mass is 32.2. The van der Waals surface area contributed by atoms with E-state index in [2.05, 4.69) is 4.74 Å². The van der Waals surface area contributed by atoms with E-state index < -0.39 is 33.8 Å². The molecule has 0 heterocycles. The Morgan fingerprint density at radius 2 is 1.46 bits per heavy atom. The van der Waals surface area contributed by atoms with Gasteiger partial charge in [-0.15, -0.1) is 0 Å². The minimum Gasteiger partial charge on any atom is -0.448 e. The van der Waals surface area contributed by atoms with Crippen molar-refractivity contribution in [1.29, 1.82) is 0 Å². The zero-order chi connectivity index (χ0) is 17.8. The highest BCUT2D eigenvalue weighted by Gasteiger charge is 2.46. The highest BCUT2D eigenvalue weighted by Crippen LogP contribution is 2.27. The van der Waals surface area contributed by atoms with E-state index in [-0.39, 0.29) is 10.5 Å². The van der Waals surface area contributed by atoms with Gasteiger partial charge in [0, 0.05) is 0 Å². The number of hydrogen-bond donors (Lipinski definition) is 0. The van der Waals surface area contributed by atoms with E-state index in [4.69, 9.17) is 0 Å². The number of benzene rings is 2. The molecule has 0 radical (unpaired) electrons. The van der Waals surface area contributed by atoms with Crippen LogP contribution in [-0.2, 0) is 14.6 Å². The van der Waals surface area contributed by atoms with Crippen LogP contribution >= 0.6 is 0 Å². The molecule has 2 aromatic carbocycles. The molecular weight excluding hydrogens is 345 g/mol. The van der Waals surface area contributed by atoms with Gasteiger partial charge in [0.1, 0.15) is 5.75 Å². The van der Waals surface area contributed by atoms with E-state index in [1.54, 1.807) is 6.07 Å². The highest BCUT2D eigenvalue weighted by molar-refractivity contribution is 7.91. The normalized spacial score (nSPS) is 13.3. The smallest absolute Gasteiger partial charge is 0.426 e. The predicted molar refractivity (Wildman–Crippen MR) is 80.2 cm³/mol. The lowest BCUT2D eigenvalue weighted by Gasteiger charge is -2.20. The van der Waals surface area contributed by atoms with Gasteiger partial charge in [0.15, 0.2) is 9.84 Å². The summed E-state index contributed by atoms with van der Waals surface area (Å²) >= 11 is 0. The first kappa shape index (κ1) is 18.0. The van der Waals surface area contributed by atoms with Crippen molar-refractivity contribution in [3.05, 3.63) is 66.2 Å². The van der Waals surface area contributed by atoms with Gasteiger partial charge in [-0.1, -0.05) is 36.4 Å². The molecule has 0 saturated heterocycles. The van der Waals surface area contributed by atoms with Gasteiger partial charge in [0.25, 0.3) is 0 Å². The minimum atomic E-state index is -5.01. The number of sulfone groups is 1. The molecule has 24 heavy (non-hydrogen) atoms. The largest absolute Gasteiger partial charge is 0.448 e. The molecule has 0 unspecified atom stereocenters.